The molecule has 4 heteroatoms. The van der Waals surface area contributed by atoms with Crippen molar-refractivity contribution in [3.05, 3.63) is 100 Å². The van der Waals surface area contributed by atoms with Gasteiger partial charge in [-0.2, -0.15) is 0 Å². The third-order valence-electron chi connectivity index (χ3n) is 7.44. The minimum absolute atomic E-state index is 0.0930. The Morgan fingerprint density at radius 3 is 1.97 bits per heavy atom. The molecule has 1 heterocycles. The Morgan fingerprint density at radius 2 is 1.40 bits per heavy atom. The fourth-order valence-electron chi connectivity index (χ4n) is 6.37. The van der Waals surface area contributed by atoms with Crippen molar-refractivity contribution in [2.75, 3.05) is 4.90 Å². The van der Waals surface area contributed by atoms with E-state index in [9.17, 15) is 9.59 Å². The van der Waals surface area contributed by atoms with E-state index in [1.54, 1.807) is 24.3 Å². The maximum absolute atomic E-state index is 13.9. The van der Waals surface area contributed by atoms with E-state index in [1.807, 2.05) is 24.3 Å². The molecule has 3 nitrogen and oxygen atoms in total. The number of amides is 2. The lowest BCUT2D eigenvalue weighted by Gasteiger charge is -2.54. The molecular weight excluding hydrogens is 394 g/mol. The number of rotatable bonds is 2. The fraction of sp³-hybridized carbons (Fsp3) is 0.231. The van der Waals surface area contributed by atoms with Crippen molar-refractivity contribution in [1.82, 2.24) is 0 Å². The predicted octanol–water partition coefficient (Wildman–Crippen LogP) is 5.30. The van der Waals surface area contributed by atoms with E-state index in [0.29, 0.717) is 10.7 Å². The van der Waals surface area contributed by atoms with Gasteiger partial charge in [0, 0.05) is 16.4 Å². The second-order valence-electron chi connectivity index (χ2n) is 8.47. The summed E-state index contributed by atoms with van der Waals surface area (Å²) in [6, 6.07) is 23.7. The molecule has 1 fully saturated rings. The van der Waals surface area contributed by atoms with Crippen LogP contribution in [0.25, 0.3) is 0 Å². The molecule has 0 spiro atoms. The highest BCUT2D eigenvalue weighted by atomic mass is 35.5. The summed E-state index contributed by atoms with van der Waals surface area (Å²) in [7, 11) is 0. The second kappa shape index (κ2) is 6.05. The molecule has 4 aliphatic rings. The quantitative estimate of drug-likeness (QED) is 0.534. The van der Waals surface area contributed by atoms with Crippen molar-refractivity contribution >= 4 is 29.1 Å². The summed E-state index contributed by atoms with van der Waals surface area (Å²) in [5.74, 6) is -1.05. The van der Waals surface area contributed by atoms with Gasteiger partial charge in [0.25, 0.3) is 0 Å². The van der Waals surface area contributed by atoms with E-state index in [0.717, 1.165) is 6.42 Å². The lowest BCUT2D eigenvalue weighted by Crippen LogP contribution is -2.53. The van der Waals surface area contributed by atoms with Crippen LogP contribution in [0.15, 0.2) is 72.8 Å². The van der Waals surface area contributed by atoms with Crippen LogP contribution in [-0.4, -0.2) is 11.8 Å². The normalized spacial score (nSPS) is 28.3. The molecule has 148 valence electrons. The summed E-state index contributed by atoms with van der Waals surface area (Å²) in [6.07, 6.45) is 0.766. The Balaban J connectivity index is 1.63. The smallest absolute Gasteiger partial charge is 0.238 e. The summed E-state index contributed by atoms with van der Waals surface area (Å²) in [6.45, 7) is 2.14. The maximum Gasteiger partial charge on any atom is 0.238 e. The first-order valence-electron chi connectivity index (χ1n) is 10.4. The van der Waals surface area contributed by atoms with E-state index < -0.39 is 5.41 Å². The Hall–Kier alpha value is -2.91. The average molecular weight is 414 g/mol. The molecule has 2 unspecified atom stereocenters. The van der Waals surface area contributed by atoms with Crippen LogP contribution < -0.4 is 4.90 Å². The molecule has 1 aliphatic heterocycles. The zero-order chi connectivity index (χ0) is 20.6. The second-order valence-corrected chi connectivity index (χ2v) is 8.91. The molecular formula is C26H20ClNO2. The van der Waals surface area contributed by atoms with E-state index in [1.165, 1.54) is 27.2 Å². The summed E-state index contributed by atoms with van der Waals surface area (Å²) < 4.78 is 0. The highest BCUT2D eigenvalue weighted by Gasteiger charge is 2.67. The largest absolute Gasteiger partial charge is 0.274 e. The number of carbonyl (C=O) groups excluding carboxylic acids is 2. The first-order chi connectivity index (χ1) is 14.6. The van der Waals surface area contributed by atoms with Crippen LogP contribution >= 0.6 is 11.6 Å². The van der Waals surface area contributed by atoms with E-state index in [4.69, 9.17) is 11.6 Å². The van der Waals surface area contributed by atoms with Gasteiger partial charge in [0.15, 0.2) is 0 Å². The molecule has 3 aliphatic carbocycles. The van der Waals surface area contributed by atoms with Gasteiger partial charge < -0.3 is 0 Å². The number of hydrogen-bond acceptors (Lipinski definition) is 2. The van der Waals surface area contributed by atoms with Gasteiger partial charge >= 0.3 is 0 Å². The number of hydrogen-bond donors (Lipinski definition) is 0. The Morgan fingerprint density at radius 1 is 0.833 bits per heavy atom. The first kappa shape index (κ1) is 17.9. The monoisotopic (exact) mass is 413 g/mol. The number of nitrogens with zero attached hydrogens (tertiary/aromatic N) is 1. The predicted molar refractivity (Wildman–Crippen MR) is 117 cm³/mol. The minimum atomic E-state index is -0.486. The minimum Gasteiger partial charge on any atom is -0.274 e. The van der Waals surface area contributed by atoms with Gasteiger partial charge in [-0.3, -0.25) is 9.59 Å². The first-order valence-corrected chi connectivity index (χ1v) is 10.8. The molecule has 30 heavy (non-hydrogen) atoms. The van der Waals surface area contributed by atoms with Gasteiger partial charge in [0.2, 0.25) is 11.8 Å². The number of benzene rings is 3. The summed E-state index contributed by atoms with van der Waals surface area (Å²) in [5.41, 5.74) is 4.91. The van der Waals surface area contributed by atoms with Crippen LogP contribution in [0.5, 0.6) is 0 Å². The number of anilines is 1. The third-order valence-corrected chi connectivity index (χ3v) is 7.69. The zero-order valence-electron chi connectivity index (χ0n) is 16.5. The Labute approximate surface area is 180 Å². The fourth-order valence-corrected chi connectivity index (χ4v) is 6.50. The molecule has 0 aromatic heterocycles. The van der Waals surface area contributed by atoms with Crippen molar-refractivity contribution < 1.29 is 9.59 Å². The maximum atomic E-state index is 13.9. The topological polar surface area (TPSA) is 37.4 Å². The SMILES string of the molecule is CCC12c3ccccc3C(c3ccccc31)C1C(=O)N(c3ccc(Cl)cc3)C(=O)C12. The molecule has 2 atom stereocenters. The van der Waals surface area contributed by atoms with E-state index in [-0.39, 0.29) is 29.6 Å². The highest BCUT2D eigenvalue weighted by Crippen LogP contribution is 2.65. The van der Waals surface area contributed by atoms with Gasteiger partial charge in [0.1, 0.15) is 0 Å². The van der Waals surface area contributed by atoms with Crippen LogP contribution in [0.1, 0.15) is 41.5 Å². The van der Waals surface area contributed by atoms with Crippen LogP contribution in [0.4, 0.5) is 5.69 Å². The summed E-state index contributed by atoms with van der Waals surface area (Å²) in [4.78, 5) is 29.1. The molecule has 2 amide bonds. The van der Waals surface area contributed by atoms with Crippen molar-refractivity contribution in [3.63, 3.8) is 0 Å². The van der Waals surface area contributed by atoms with E-state index in [2.05, 4.69) is 31.2 Å². The van der Waals surface area contributed by atoms with Crippen molar-refractivity contribution in [2.24, 2.45) is 11.8 Å². The molecule has 7 rings (SSSR count). The van der Waals surface area contributed by atoms with Crippen molar-refractivity contribution in [3.8, 4) is 0 Å². The summed E-state index contributed by atoms with van der Waals surface area (Å²) >= 11 is 6.05. The standard InChI is InChI=1S/C26H20ClNO2/c1-2-26-19-9-5-3-7-17(19)21(18-8-4-6-10-20(18)26)22-23(26)25(30)28(24(22)29)16-13-11-15(27)12-14-16/h3-14,21-23H,2H2,1H3. The van der Waals surface area contributed by atoms with E-state index >= 15 is 0 Å². The summed E-state index contributed by atoms with van der Waals surface area (Å²) in [5, 5.41) is 0.583. The van der Waals surface area contributed by atoms with Gasteiger partial charge in [-0.05, 0) is 52.9 Å². The lowest BCUT2D eigenvalue weighted by atomic mass is 9.46. The van der Waals surface area contributed by atoms with Crippen LogP contribution in [0, 0.1) is 11.8 Å². The molecule has 3 aromatic rings. The number of imide groups is 1. The third kappa shape index (κ3) is 1.96. The number of halogens is 1. The molecule has 1 saturated heterocycles. The lowest BCUT2D eigenvalue weighted by molar-refractivity contribution is -0.123. The van der Waals surface area contributed by atoms with Crippen LogP contribution in [0.3, 0.4) is 0 Å². The van der Waals surface area contributed by atoms with Crippen molar-refractivity contribution in [1.29, 1.82) is 0 Å². The highest BCUT2D eigenvalue weighted by molar-refractivity contribution is 6.31. The molecule has 0 N–H and O–H groups in total. The molecule has 0 saturated carbocycles. The van der Waals surface area contributed by atoms with Gasteiger partial charge in [0.05, 0.1) is 17.5 Å². The van der Waals surface area contributed by atoms with Gasteiger partial charge in [-0.1, -0.05) is 67.1 Å². The Bertz CT molecular complexity index is 1170. The van der Waals surface area contributed by atoms with Gasteiger partial charge in [-0.25, -0.2) is 4.90 Å². The van der Waals surface area contributed by atoms with Gasteiger partial charge in [-0.15, -0.1) is 0 Å². The number of carbonyl (C=O) groups is 2. The molecule has 3 aromatic carbocycles. The Kier molecular flexibility index (Phi) is 3.61. The van der Waals surface area contributed by atoms with Crippen molar-refractivity contribution in [2.45, 2.75) is 24.7 Å². The van der Waals surface area contributed by atoms with Crippen LogP contribution in [-0.2, 0) is 15.0 Å². The molecule has 0 radical (unpaired) electrons. The average Bonchev–Trinajstić information content (AvgIpc) is 3.05. The van der Waals surface area contributed by atoms with Crippen LogP contribution in [0.2, 0.25) is 5.02 Å². The zero-order valence-corrected chi connectivity index (χ0v) is 17.3. The molecule has 2 bridgehead atoms.